The molecule has 1 atom stereocenters. The fourth-order valence-electron chi connectivity index (χ4n) is 1.61. The fourth-order valence-corrected chi connectivity index (χ4v) is 1.61. The molecule has 0 fully saturated rings. The number of aliphatic hydroxyl groups excluding tert-OH is 1. The number of carbonyl (C=O) groups excluding carboxylic acids is 1. The second-order valence-corrected chi connectivity index (χ2v) is 4.68. The Balaban J connectivity index is 2.73. The van der Waals surface area contributed by atoms with Gasteiger partial charge in [0.15, 0.2) is 0 Å². The summed E-state index contributed by atoms with van der Waals surface area (Å²) in [4.78, 5) is 11.5. The van der Waals surface area contributed by atoms with Gasteiger partial charge in [-0.1, -0.05) is 25.1 Å². The number of ether oxygens (including phenoxy) is 1. The van der Waals surface area contributed by atoms with Gasteiger partial charge in [0.1, 0.15) is 17.9 Å². The first-order chi connectivity index (χ1) is 9.03. The Morgan fingerprint density at radius 2 is 2.16 bits per heavy atom. The minimum absolute atomic E-state index is 0.105. The first kappa shape index (κ1) is 15.5. The maximum Gasteiger partial charge on any atom is 0.240 e. The molecule has 0 radical (unpaired) electrons. The Morgan fingerprint density at radius 1 is 1.47 bits per heavy atom. The molecule has 0 saturated heterocycles. The van der Waals surface area contributed by atoms with E-state index in [0.717, 1.165) is 6.42 Å². The molecular weight excluding hydrogens is 244 g/mol. The number of rotatable bonds is 8. The predicted octanol–water partition coefficient (Wildman–Crippen LogP) is 0.801. The van der Waals surface area contributed by atoms with E-state index in [-0.39, 0.29) is 13.2 Å². The minimum atomic E-state index is -0.918. The zero-order chi connectivity index (χ0) is 14.3. The summed E-state index contributed by atoms with van der Waals surface area (Å²) in [6.07, 6.45) is 0.899. The van der Waals surface area contributed by atoms with Gasteiger partial charge in [0.05, 0.1) is 6.61 Å². The number of aliphatic hydroxyl groups is 1. The first-order valence-corrected chi connectivity index (χ1v) is 6.40. The zero-order valence-corrected chi connectivity index (χ0v) is 11.5. The number of amides is 1. The van der Waals surface area contributed by atoms with E-state index in [1.165, 1.54) is 0 Å². The Kier molecular flexibility index (Phi) is 5.79. The summed E-state index contributed by atoms with van der Waals surface area (Å²) in [6.45, 7) is 4.43. The third-order valence-electron chi connectivity index (χ3n) is 2.97. The molecule has 0 heterocycles. The number of carbonyl (C=O) groups is 1. The molecule has 0 saturated carbocycles. The van der Waals surface area contributed by atoms with Gasteiger partial charge in [0, 0.05) is 5.56 Å². The molecule has 1 amide bonds. The summed E-state index contributed by atoms with van der Waals surface area (Å²) in [7, 11) is 0. The molecule has 1 aromatic carbocycles. The van der Waals surface area contributed by atoms with Crippen LogP contribution in [-0.2, 0) is 11.4 Å². The Hall–Kier alpha value is -1.59. The van der Waals surface area contributed by atoms with E-state index >= 15 is 0 Å². The molecule has 4 N–H and O–H groups in total. The molecular formula is C14H22N2O3. The van der Waals surface area contributed by atoms with Crippen molar-refractivity contribution in [3.05, 3.63) is 29.8 Å². The van der Waals surface area contributed by atoms with Crippen molar-refractivity contribution in [2.24, 2.45) is 5.73 Å². The van der Waals surface area contributed by atoms with Crippen molar-refractivity contribution in [2.75, 3.05) is 13.2 Å². The van der Waals surface area contributed by atoms with E-state index in [2.05, 4.69) is 5.32 Å². The lowest BCUT2D eigenvalue weighted by atomic mass is 10.0. The van der Waals surface area contributed by atoms with E-state index in [1.807, 2.05) is 19.1 Å². The largest absolute Gasteiger partial charge is 0.491 e. The number of primary amides is 1. The van der Waals surface area contributed by atoms with Crippen LogP contribution < -0.4 is 15.8 Å². The van der Waals surface area contributed by atoms with Crippen molar-refractivity contribution >= 4 is 5.91 Å². The molecule has 1 rings (SSSR count). The highest BCUT2D eigenvalue weighted by Gasteiger charge is 2.31. The molecule has 0 aliphatic rings. The Bertz CT molecular complexity index is 423. The zero-order valence-electron chi connectivity index (χ0n) is 11.5. The highest BCUT2D eigenvalue weighted by atomic mass is 16.5. The van der Waals surface area contributed by atoms with Gasteiger partial charge in [-0.15, -0.1) is 0 Å². The summed E-state index contributed by atoms with van der Waals surface area (Å²) in [5.41, 5.74) is 5.18. The van der Waals surface area contributed by atoms with Crippen LogP contribution in [-0.4, -0.2) is 29.7 Å². The first-order valence-electron chi connectivity index (χ1n) is 6.40. The fraction of sp³-hybridized carbons (Fsp3) is 0.500. The maximum absolute atomic E-state index is 11.5. The van der Waals surface area contributed by atoms with E-state index < -0.39 is 11.4 Å². The lowest BCUT2D eigenvalue weighted by molar-refractivity contribution is -0.125. The number of hydrogen-bond donors (Lipinski definition) is 3. The lowest BCUT2D eigenvalue weighted by Crippen LogP contribution is -2.57. The van der Waals surface area contributed by atoms with E-state index in [0.29, 0.717) is 17.9 Å². The quantitative estimate of drug-likeness (QED) is 0.650. The molecule has 0 spiro atoms. The van der Waals surface area contributed by atoms with E-state index in [9.17, 15) is 9.90 Å². The van der Waals surface area contributed by atoms with Crippen molar-refractivity contribution in [1.29, 1.82) is 0 Å². The maximum atomic E-state index is 11.5. The van der Waals surface area contributed by atoms with Crippen molar-refractivity contribution in [2.45, 2.75) is 32.4 Å². The van der Waals surface area contributed by atoms with Crippen molar-refractivity contribution in [3.8, 4) is 5.75 Å². The van der Waals surface area contributed by atoms with Crippen LogP contribution in [0.25, 0.3) is 0 Å². The topological polar surface area (TPSA) is 84.6 Å². The Morgan fingerprint density at radius 3 is 2.74 bits per heavy atom. The molecule has 0 aliphatic heterocycles. The number of hydrogen-bond acceptors (Lipinski definition) is 4. The predicted molar refractivity (Wildman–Crippen MR) is 73.8 cm³/mol. The summed E-state index contributed by atoms with van der Waals surface area (Å²) in [5.74, 6) is 0.109. The summed E-state index contributed by atoms with van der Waals surface area (Å²) in [5, 5.41) is 12.3. The average molecular weight is 266 g/mol. The Labute approximate surface area is 113 Å². The number of benzene rings is 1. The number of nitrogens with two attached hydrogens (primary N) is 1. The molecule has 0 aliphatic carbocycles. The van der Waals surface area contributed by atoms with Crippen molar-refractivity contribution < 1.29 is 14.6 Å². The van der Waals surface area contributed by atoms with Crippen LogP contribution in [0.3, 0.4) is 0 Å². The van der Waals surface area contributed by atoms with Crippen LogP contribution >= 0.6 is 0 Å². The van der Waals surface area contributed by atoms with Crippen LogP contribution in [0.15, 0.2) is 24.3 Å². The van der Waals surface area contributed by atoms with Gasteiger partial charge in [0.2, 0.25) is 5.91 Å². The SMILES string of the molecule is CCCNC(C)(COc1ccccc1CO)C(N)=O. The van der Waals surface area contributed by atoms with Crippen LogP contribution in [0.1, 0.15) is 25.8 Å². The van der Waals surface area contributed by atoms with Gasteiger partial charge in [-0.3, -0.25) is 4.79 Å². The smallest absolute Gasteiger partial charge is 0.240 e. The second-order valence-electron chi connectivity index (χ2n) is 4.68. The number of nitrogens with one attached hydrogen (secondary N) is 1. The van der Waals surface area contributed by atoms with Crippen molar-refractivity contribution in [1.82, 2.24) is 5.32 Å². The molecule has 5 nitrogen and oxygen atoms in total. The van der Waals surface area contributed by atoms with Crippen LogP contribution in [0.2, 0.25) is 0 Å². The molecule has 0 bridgehead atoms. The van der Waals surface area contributed by atoms with Gasteiger partial charge in [-0.25, -0.2) is 0 Å². The standard InChI is InChI=1S/C14H22N2O3/c1-3-8-16-14(2,13(15)18)10-19-12-7-5-4-6-11(12)9-17/h4-7,16-17H,3,8-10H2,1-2H3,(H2,15,18). The molecule has 5 heteroatoms. The van der Waals surface area contributed by atoms with Gasteiger partial charge < -0.3 is 20.9 Å². The highest BCUT2D eigenvalue weighted by molar-refractivity contribution is 5.84. The molecule has 1 aromatic rings. The molecule has 106 valence electrons. The second kappa shape index (κ2) is 7.11. The normalized spacial score (nSPS) is 13.8. The van der Waals surface area contributed by atoms with Gasteiger partial charge in [0.25, 0.3) is 0 Å². The van der Waals surface area contributed by atoms with Crippen LogP contribution in [0.4, 0.5) is 0 Å². The average Bonchev–Trinajstić information content (AvgIpc) is 2.43. The molecule has 19 heavy (non-hydrogen) atoms. The summed E-state index contributed by atoms with van der Waals surface area (Å²) < 4.78 is 5.63. The van der Waals surface area contributed by atoms with Crippen LogP contribution in [0.5, 0.6) is 5.75 Å². The van der Waals surface area contributed by atoms with E-state index in [4.69, 9.17) is 10.5 Å². The lowest BCUT2D eigenvalue weighted by Gasteiger charge is -2.27. The van der Waals surface area contributed by atoms with Gasteiger partial charge in [-0.05, 0) is 26.0 Å². The minimum Gasteiger partial charge on any atom is -0.491 e. The van der Waals surface area contributed by atoms with Gasteiger partial charge >= 0.3 is 0 Å². The van der Waals surface area contributed by atoms with E-state index in [1.54, 1.807) is 19.1 Å². The summed E-state index contributed by atoms with van der Waals surface area (Å²) in [6, 6.07) is 7.17. The monoisotopic (exact) mass is 266 g/mol. The van der Waals surface area contributed by atoms with Gasteiger partial charge in [-0.2, -0.15) is 0 Å². The summed E-state index contributed by atoms with van der Waals surface area (Å²) >= 11 is 0. The highest BCUT2D eigenvalue weighted by Crippen LogP contribution is 2.19. The third kappa shape index (κ3) is 4.22. The van der Waals surface area contributed by atoms with Crippen LogP contribution in [0, 0.1) is 0 Å². The number of para-hydroxylation sites is 1. The molecule has 0 aromatic heterocycles. The molecule has 1 unspecified atom stereocenters. The van der Waals surface area contributed by atoms with Crippen molar-refractivity contribution in [3.63, 3.8) is 0 Å². The third-order valence-corrected chi connectivity index (χ3v) is 2.97.